The number of nitrogens with zero attached hydrogens (tertiary/aromatic N) is 4. The van der Waals surface area contributed by atoms with Crippen LogP contribution in [0.3, 0.4) is 0 Å². The Kier molecular flexibility index (Phi) is 4.74. The van der Waals surface area contributed by atoms with E-state index < -0.39 is 30.5 Å². The van der Waals surface area contributed by atoms with Gasteiger partial charge in [0.1, 0.15) is 0 Å². The first-order valence-corrected chi connectivity index (χ1v) is 8.98. The van der Waals surface area contributed by atoms with E-state index in [-0.39, 0.29) is 6.54 Å². The zero-order valence-electron chi connectivity index (χ0n) is 14.9. The van der Waals surface area contributed by atoms with E-state index in [2.05, 4.69) is 9.97 Å². The van der Waals surface area contributed by atoms with Crippen molar-refractivity contribution < 1.29 is 27.8 Å². The Balaban J connectivity index is 1.77. The normalized spacial score (nSPS) is 23.4. The fourth-order valence-electron chi connectivity index (χ4n) is 3.74. The molecular formula is C18H19F3N4O3. The first-order valence-electron chi connectivity index (χ1n) is 8.98. The Bertz CT molecular complexity index is 886. The third-order valence-corrected chi connectivity index (χ3v) is 5.20. The number of anilines is 2. The summed E-state index contributed by atoms with van der Waals surface area (Å²) in [6.07, 6.45) is -4.60. The maximum atomic E-state index is 13.4. The molecule has 0 aliphatic carbocycles. The van der Waals surface area contributed by atoms with Crippen LogP contribution in [0.25, 0.3) is 11.0 Å². The van der Waals surface area contributed by atoms with Crippen molar-refractivity contribution in [2.24, 2.45) is 11.8 Å². The highest BCUT2D eigenvalue weighted by Gasteiger charge is 2.53. The van der Waals surface area contributed by atoms with Crippen LogP contribution in [0, 0.1) is 11.8 Å². The van der Waals surface area contributed by atoms with Crippen molar-refractivity contribution in [2.45, 2.75) is 6.18 Å². The molecule has 1 aromatic carbocycles. The van der Waals surface area contributed by atoms with Crippen molar-refractivity contribution in [3.63, 3.8) is 0 Å². The predicted molar refractivity (Wildman–Crippen MR) is 95.5 cm³/mol. The molecule has 1 aromatic heterocycles. The highest BCUT2D eigenvalue weighted by molar-refractivity contribution is 5.82. The Hall–Kier alpha value is -2.62. The lowest BCUT2D eigenvalue weighted by Gasteiger charge is -2.31. The maximum absolute atomic E-state index is 13.4. The fraction of sp³-hybridized carbons (Fsp3) is 0.500. The molecule has 4 rings (SSSR count). The van der Waals surface area contributed by atoms with Crippen molar-refractivity contribution in [3.8, 4) is 0 Å². The topological polar surface area (TPSA) is 78.8 Å². The highest BCUT2D eigenvalue weighted by atomic mass is 19.4. The van der Waals surface area contributed by atoms with Crippen molar-refractivity contribution >= 4 is 28.6 Å². The molecule has 2 aromatic rings. The number of carboxylic acid groups (broad SMARTS) is 1. The average molecular weight is 396 g/mol. The lowest BCUT2D eigenvalue weighted by atomic mass is 9.96. The summed E-state index contributed by atoms with van der Waals surface area (Å²) < 4.78 is 45.6. The average Bonchev–Trinajstić information content (AvgIpc) is 3.14. The van der Waals surface area contributed by atoms with Gasteiger partial charge >= 0.3 is 12.1 Å². The summed E-state index contributed by atoms with van der Waals surface area (Å²) in [5.74, 6) is -4.18. The minimum absolute atomic E-state index is 0.260. The maximum Gasteiger partial charge on any atom is 0.394 e. The molecule has 0 radical (unpaired) electrons. The van der Waals surface area contributed by atoms with Crippen LogP contribution in [0.15, 0.2) is 24.3 Å². The van der Waals surface area contributed by atoms with Gasteiger partial charge in [0, 0.05) is 26.2 Å². The minimum atomic E-state index is -4.60. The Morgan fingerprint density at radius 2 is 1.61 bits per heavy atom. The van der Waals surface area contributed by atoms with Crippen molar-refractivity contribution in [1.29, 1.82) is 0 Å². The van der Waals surface area contributed by atoms with E-state index in [0.29, 0.717) is 49.0 Å². The van der Waals surface area contributed by atoms with Crippen LogP contribution in [-0.2, 0) is 9.53 Å². The van der Waals surface area contributed by atoms with Gasteiger partial charge in [-0.15, -0.1) is 0 Å². The number of benzene rings is 1. The first-order chi connectivity index (χ1) is 13.3. The summed E-state index contributed by atoms with van der Waals surface area (Å²) in [4.78, 5) is 24.0. The number of rotatable bonds is 3. The van der Waals surface area contributed by atoms with Gasteiger partial charge in [-0.3, -0.25) is 4.79 Å². The number of halogens is 3. The van der Waals surface area contributed by atoms with Crippen LogP contribution in [-0.4, -0.2) is 66.6 Å². The van der Waals surface area contributed by atoms with Crippen molar-refractivity contribution in [3.05, 3.63) is 24.3 Å². The molecule has 0 spiro atoms. The highest BCUT2D eigenvalue weighted by Crippen LogP contribution is 2.41. The SMILES string of the molecule is O=C(O)[C@@H]1CN(c2nc3ccccc3nc2N2CCOCC2)C[C@H]1C(F)(F)F. The number of aromatic nitrogens is 2. The second-order valence-corrected chi connectivity index (χ2v) is 6.96. The molecule has 0 bridgehead atoms. The number of morpholine rings is 1. The molecule has 0 amide bonds. The number of carboxylic acids is 1. The largest absolute Gasteiger partial charge is 0.481 e. The molecule has 10 heteroatoms. The van der Waals surface area contributed by atoms with E-state index in [4.69, 9.17) is 4.74 Å². The van der Waals surface area contributed by atoms with E-state index in [0.717, 1.165) is 0 Å². The van der Waals surface area contributed by atoms with Gasteiger partial charge < -0.3 is 19.6 Å². The number of hydrogen-bond acceptors (Lipinski definition) is 6. The number of ether oxygens (including phenoxy) is 1. The molecule has 28 heavy (non-hydrogen) atoms. The number of aliphatic carboxylic acids is 1. The monoisotopic (exact) mass is 396 g/mol. The smallest absolute Gasteiger partial charge is 0.394 e. The first kappa shape index (κ1) is 18.7. The van der Waals surface area contributed by atoms with Crippen LogP contribution in [0.1, 0.15) is 0 Å². The van der Waals surface area contributed by atoms with Gasteiger partial charge in [0.15, 0.2) is 11.6 Å². The Labute approximate surface area is 158 Å². The molecule has 2 fully saturated rings. The van der Waals surface area contributed by atoms with E-state index >= 15 is 0 Å². The molecule has 1 N–H and O–H groups in total. The van der Waals surface area contributed by atoms with E-state index in [1.165, 1.54) is 4.90 Å². The molecule has 2 aliphatic rings. The standard InChI is InChI=1S/C18H19F3N4O3/c19-18(20,21)12-10-25(9-11(12)17(26)27)16-15(24-5-7-28-8-6-24)22-13-3-1-2-4-14(13)23-16/h1-4,11-12H,5-10H2,(H,26,27)/t11-,12-/m1/s1. The summed E-state index contributed by atoms with van der Waals surface area (Å²) in [6, 6.07) is 7.12. The molecular weight excluding hydrogens is 377 g/mol. The van der Waals surface area contributed by atoms with E-state index in [1.807, 2.05) is 11.0 Å². The lowest BCUT2D eigenvalue weighted by Crippen LogP contribution is -2.38. The minimum Gasteiger partial charge on any atom is -0.481 e. The van der Waals surface area contributed by atoms with Crippen LogP contribution in [0.5, 0.6) is 0 Å². The molecule has 150 valence electrons. The molecule has 0 unspecified atom stereocenters. The molecule has 0 saturated carbocycles. The van der Waals surface area contributed by atoms with Gasteiger partial charge in [0.25, 0.3) is 0 Å². The lowest BCUT2D eigenvalue weighted by molar-refractivity contribution is -0.187. The summed E-state index contributed by atoms with van der Waals surface area (Å²) in [6.45, 7) is 1.33. The number of carbonyl (C=O) groups is 1. The van der Waals surface area contributed by atoms with Crippen LogP contribution in [0.2, 0.25) is 0 Å². The summed E-state index contributed by atoms with van der Waals surface area (Å²) in [5.41, 5.74) is 1.19. The predicted octanol–water partition coefficient (Wildman–Crippen LogP) is 2.17. The summed E-state index contributed by atoms with van der Waals surface area (Å²) in [5, 5.41) is 9.31. The number of para-hydroxylation sites is 2. The second-order valence-electron chi connectivity index (χ2n) is 6.96. The molecule has 7 nitrogen and oxygen atoms in total. The molecule has 2 saturated heterocycles. The molecule has 3 heterocycles. The summed E-state index contributed by atoms with van der Waals surface area (Å²) in [7, 11) is 0. The van der Waals surface area contributed by atoms with Gasteiger partial charge in [0.2, 0.25) is 0 Å². The van der Waals surface area contributed by atoms with Gasteiger partial charge in [-0.1, -0.05) is 12.1 Å². The van der Waals surface area contributed by atoms with Crippen molar-refractivity contribution in [1.82, 2.24) is 9.97 Å². The van der Waals surface area contributed by atoms with Gasteiger partial charge in [-0.05, 0) is 12.1 Å². The van der Waals surface area contributed by atoms with Gasteiger partial charge in [-0.25, -0.2) is 9.97 Å². The van der Waals surface area contributed by atoms with E-state index in [9.17, 15) is 23.1 Å². The Morgan fingerprint density at radius 3 is 2.11 bits per heavy atom. The molecule has 2 atom stereocenters. The number of fused-ring (bicyclic) bond motifs is 1. The third-order valence-electron chi connectivity index (χ3n) is 5.20. The zero-order valence-corrected chi connectivity index (χ0v) is 14.9. The van der Waals surface area contributed by atoms with E-state index in [1.54, 1.807) is 18.2 Å². The summed E-state index contributed by atoms with van der Waals surface area (Å²) >= 11 is 0. The number of alkyl halides is 3. The van der Waals surface area contributed by atoms with Gasteiger partial charge in [-0.2, -0.15) is 13.2 Å². The molecule has 2 aliphatic heterocycles. The van der Waals surface area contributed by atoms with Crippen LogP contribution < -0.4 is 9.80 Å². The second kappa shape index (κ2) is 7.08. The number of hydrogen-bond donors (Lipinski definition) is 1. The van der Waals surface area contributed by atoms with Crippen LogP contribution >= 0.6 is 0 Å². The quantitative estimate of drug-likeness (QED) is 0.852. The zero-order chi connectivity index (χ0) is 19.9. The van der Waals surface area contributed by atoms with Crippen LogP contribution in [0.4, 0.5) is 24.8 Å². The van der Waals surface area contributed by atoms with Crippen molar-refractivity contribution in [2.75, 3.05) is 49.2 Å². The Morgan fingerprint density at radius 1 is 1.04 bits per heavy atom. The third kappa shape index (κ3) is 3.44. The van der Waals surface area contributed by atoms with Gasteiger partial charge in [0.05, 0.1) is 36.1 Å². The fourth-order valence-corrected chi connectivity index (χ4v) is 3.74.